The Bertz CT molecular complexity index is 1590. The number of carbonyl (C=O) groups excluding carboxylic acids is 4. The Morgan fingerprint density at radius 1 is 1.03 bits per heavy atom. The molecule has 0 spiro atoms. The van der Waals surface area contributed by atoms with Crippen LogP contribution in [0, 0.1) is 17.8 Å². The maximum absolute atomic E-state index is 13.9. The molecule has 4 aliphatic rings. The minimum Gasteiger partial charge on any atom is -0.503 e. The Kier molecular flexibility index (Phi) is 6.32. The van der Waals surface area contributed by atoms with Crippen molar-refractivity contribution in [3.63, 3.8) is 0 Å². The van der Waals surface area contributed by atoms with Gasteiger partial charge in [-0.05, 0) is 76.7 Å². The average Bonchev–Trinajstić information content (AvgIpc) is 3.18. The third-order valence-electron chi connectivity index (χ3n) is 8.02. The largest absolute Gasteiger partial charge is 0.503 e. The lowest BCUT2D eigenvalue weighted by molar-refractivity contribution is -0.123. The van der Waals surface area contributed by atoms with Gasteiger partial charge in [-0.25, -0.2) is 0 Å². The Morgan fingerprint density at radius 2 is 1.74 bits per heavy atom. The average molecular weight is 629 g/mol. The molecule has 0 aromatic heterocycles. The normalized spacial score (nSPS) is 26.2. The molecule has 0 bridgehead atoms. The predicted octanol–water partition coefficient (Wildman–Crippen LogP) is 5.67. The fourth-order valence-electron chi connectivity index (χ4n) is 6.35. The zero-order valence-corrected chi connectivity index (χ0v) is 23.5. The third kappa shape index (κ3) is 3.91. The number of rotatable bonds is 3. The van der Waals surface area contributed by atoms with E-state index in [2.05, 4.69) is 15.9 Å². The summed E-state index contributed by atoms with van der Waals surface area (Å²) in [6, 6.07) is 9.62. The van der Waals surface area contributed by atoms with Gasteiger partial charge in [0.25, 0.3) is 0 Å². The van der Waals surface area contributed by atoms with Crippen LogP contribution in [0.15, 0.2) is 69.8 Å². The van der Waals surface area contributed by atoms with Gasteiger partial charge in [0.05, 0.1) is 34.1 Å². The number of Topliss-reactive ketones (excluding diaryl/α,β-unsaturated/α-hetero) is 1. The van der Waals surface area contributed by atoms with Gasteiger partial charge in [0, 0.05) is 28.2 Å². The summed E-state index contributed by atoms with van der Waals surface area (Å²) in [4.78, 5) is 55.3. The summed E-state index contributed by atoms with van der Waals surface area (Å²) >= 11 is 15.6. The molecule has 1 heterocycles. The van der Waals surface area contributed by atoms with Crippen LogP contribution < -0.4 is 9.64 Å². The molecule has 2 amide bonds. The van der Waals surface area contributed by atoms with Crippen molar-refractivity contribution in [1.29, 1.82) is 0 Å². The van der Waals surface area contributed by atoms with Crippen LogP contribution >= 0.6 is 39.1 Å². The number of benzene rings is 2. The number of ketones is 2. The summed E-state index contributed by atoms with van der Waals surface area (Å²) < 4.78 is 5.45. The van der Waals surface area contributed by atoms with E-state index in [1.54, 1.807) is 30.3 Å². The molecule has 4 unspecified atom stereocenters. The van der Waals surface area contributed by atoms with E-state index >= 15 is 0 Å². The first kappa shape index (κ1) is 26.0. The van der Waals surface area contributed by atoms with E-state index in [4.69, 9.17) is 27.9 Å². The summed E-state index contributed by atoms with van der Waals surface area (Å²) in [5, 5.41) is 10.8. The molecule has 1 aliphatic heterocycles. The number of halogens is 3. The van der Waals surface area contributed by atoms with E-state index in [1.807, 2.05) is 6.08 Å². The Labute approximate surface area is 241 Å². The summed E-state index contributed by atoms with van der Waals surface area (Å²) in [7, 11) is 1.39. The molecule has 198 valence electrons. The Morgan fingerprint density at radius 3 is 2.44 bits per heavy atom. The first-order valence-corrected chi connectivity index (χ1v) is 13.8. The molecule has 4 atom stereocenters. The number of allylic oxidation sites excluding steroid dienone is 6. The molecule has 1 fully saturated rings. The summed E-state index contributed by atoms with van der Waals surface area (Å²) in [5.41, 5.74) is 2.35. The van der Waals surface area contributed by atoms with Crippen LogP contribution in [0.4, 0.5) is 5.69 Å². The molecule has 2 aromatic carbocycles. The Hall–Kier alpha value is -3.20. The smallest absolute Gasteiger partial charge is 0.238 e. The highest BCUT2D eigenvalue weighted by Gasteiger charge is 2.56. The van der Waals surface area contributed by atoms with Crippen molar-refractivity contribution in [2.45, 2.75) is 18.8 Å². The van der Waals surface area contributed by atoms with Crippen LogP contribution in [0.5, 0.6) is 11.5 Å². The minimum absolute atomic E-state index is 0.0234. The number of phenols is 1. The van der Waals surface area contributed by atoms with Gasteiger partial charge < -0.3 is 9.84 Å². The molecule has 39 heavy (non-hydrogen) atoms. The molecule has 1 N–H and O–H groups in total. The number of amides is 2. The zero-order chi connectivity index (χ0) is 27.7. The fourth-order valence-corrected chi connectivity index (χ4v) is 7.14. The topological polar surface area (TPSA) is 101 Å². The zero-order valence-electron chi connectivity index (χ0n) is 20.4. The van der Waals surface area contributed by atoms with Crippen LogP contribution in [0.25, 0.3) is 0 Å². The number of nitrogens with zero attached hydrogens (tertiary/aromatic N) is 1. The SMILES string of the molecule is COc1cc(C2C3=CCC4C(=O)N(c5ccc(Cl)cc5)C(=O)C4C3CC3=C2C(=O)C=C(Br)C3=O)cc(Cl)c1O. The molecule has 0 saturated carbocycles. The van der Waals surface area contributed by atoms with Gasteiger partial charge >= 0.3 is 0 Å². The van der Waals surface area contributed by atoms with Crippen molar-refractivity contribution < 1.29 is 29.0 Å². The van der Waals surface area contributed by atoms with Crippen LogP contribution in [0.1, 0.15) is 24.3 Å². The number of hydrogen-bond acceptors (Lipinski definition) is 6. The number of anilines is 1. The van der Waals surface area contributed by atoms with E-state index in [0.717, 1.165) is 5.57 Å². The molecule has 2 aromatic rings. The van der Waals surface area contributed by atoms with E-state index in [0.29, 0.717) is 33.8 Å². The van der Waals surface area contributed by atoms with Crippen molar-refractivity contribution in [1.82, 2.24) is 0 Å². The highest BCUT2D eigenvalue weighted by atomic mass is 79.9. The summed E-state index contributed by atoms with van der Waals surface area (Å²) in [5.74, 6) is -3.99. The fraction of sp³-hybridized carbons (Fsp3) is 0.241. The van der Waals surface area contributed by atoms with Crippen LogP contribution in [-0.4, -0.2) is 35.6 Å². The number of phenolic OH excluding ortho intramolecular Hbond substituents is 1. The van der Waals surface area contributed by atoms with Gasteiger partial charge in [0.15, 0.2) is 23.1 Å². The summed E-state index contributed by atoms with van der Waals surface area (Å²) in [6.45, 7) is 0. The number of aromatic hydroxyl groups is 1. The molecule has 0 radical (unpaired) electrons. The lowest BCUT2D eigenvalue weighted by Gasteiger charge is -2.42. The predicted molar refractivity (Wildman–Crippen MR) is 148 cm³/mol. The van der Waals surface area contributed by atoms with Crippen LogP contribution in [-0.2, 0) is 19.2 Å². The van der Waals surface area contributed by atoms with Crippen molar-refractivity contribution in [2.75, 3.05) is 12.0 Å². The maximum atomic E-state index is 13.9. The summed E-state index contributed by atoms with van der Waals surface area (Å²) in [6.07, 6.45) is 3.61. The second-order valence-electron chi connectivity index (χ2n) is 9.94. The van der Waals surface area contributed by atoms with E-state index in [9.17, 15) is 24.3 Å². The van der Waals surface area contributed by atoms with Crippen LogP contribution in [0.2, 0.25) is 10.0 Å². The molecule has 6 rings (SSSR count). The number of carbonyl (C=O) groups is 4. The lowest BCUT2D eigenvalue weighted by Crippen LogP contribution is -2.39. The molecule has 3 aliphatic carbocycles. The van der Waals surface area contributed by atoms with Crippen molar-refractivity contribution in [3.8, 4) is 11.5 Å². The van der Waals surface area contributed by atoms with Gasteiger partial charge in [-0.1, -0.05) is 34.9 Å². The number of imide groups is 1. The van der Waals surface area contributed by atoms with E-state index < -0.39 is 23.7 Å². The van der Waals surface area contributed by atoms with E-state index in [1.165, 1.54) is 24.2 Å². The first-order chi connectivity index (χ1) is 18.6. The van der Waals surface area contributed by atoms with Gasteiger partial charge in [-0.3, -0.25) is 24.1 Å². The molecule has 1 saturated heterocycles. The van der Waals surface area contributed by atoms with Gasteiger partial charge in [0.2, 0.25) is 11.8 Å². The lowest BCUT2D eigenvalue weighted by atomic mass is 9.59. The standard InChI is InChI=1S/C29H20BrCl2NO6/c1-39-22-9-12(8-20(32)27(22)36)23-15-6-7-16-24(17(15)10-18-25(23)21(34)11-19(30)26(18)35)29(38)33(28(16)37)14-4-2-13(31)3-5-14/h2-6,8-9,11,16-17,23-24,36H,7,10H2,1H3. The van der Waals surface area contributed by atoms with Crippen LogP contribution in [0.3, 0.4) is 0 Å². The van der Waals surface area contributed by atoms with Gasteiger partial charge in [-0.15, -0.1) is 0 Å². The quantitative estimate of drug-likeness (QED) is 0.267. The molecule has 7 nitrogen and oxygen atoms in total. The number of hydrogen-bond donors (Lipinski definition) is 1. The monoisotopic (exact) mass is 627 g/mol. The van der Waals surface area contributed by atoms with Gasteiger partial charge in [-0.2, -0.15) is 0 Å². The maximum Gasteiger partial charge on any atom is 0.238 e. The molecule has 10 heteroatoms. The third-order valence-corrected chi connectivity index (χ3v) is 9.15. The minimum atomic E-state index is -0.716. The Balaban J connectivity index is 1.51. The number of fused-ring (bicyclic) bond motifs is 3. The highest BCUT2D eigenvalue weighted by Crippen LogP contribution is 2.56. The van der Waals surface area contributed by atoms with Crippen molar-refractivity contribution in [3.05, 3.63) is 85.4 Å². The van der Waals surface area contributed by atoms with Gasteiger partial charge in [0.1, 0.15) is 0 Å². The van der Waals surface area contributed by atoms with Crippen molar-refractivity contribution >= 4 is 68.2 Å². The number of methoxy groups -OCH3 is 1. The highest BCUT2D eigenvalue weighted by molar-refractivity contribution is 9.12. The second kappa shape index (κ2) is 9.47. The second-order valence-corrected chi connectivity index (χ2v) is 11.6. The van der Waals surface area contributed by atoms with Crippen molar-refractivity contribution in [2.24, 2.45) is 17.8 Å². The molecular formula is C29H20BrCl2NO6. The number of ether oxygens (including phenoxy) is 1. The van der Waals surface area contributed by atoms with E-state index in [-0.39, 0.29) is 50.8 Å². The molecular weight excluding hydrogens is 609 g/mol. The first-order valence-electron chi connectivity index (χ1n) is 12.2.